The number of hydrogen-bond acceptors (Lipinski definition) is 6. The largest absolute Gasteiger partial charge is 0.309 e. The van der Waals surface area contributed by atoms with E-state index in [1.807, 2.05) is 36.4 Å². The van der Waals surface area contributed by atoms with Crippen LogP contribution in [0.2, 0.25) is 0 Å². The van der Waals surface area contributed by atoms with E-state index < -0.39 is 12.0 Å². The summed E-state index contributed by atoms with van der Waals surface area (Å²) in [6.45, 7) is 0.394. The number of rotatable bonds is 9. The van der Waals surface area contributed by atoms with Crippen molar-refractivity contribution in [2.45, 2.75) is 44.6 Å². The Hall–Kier alpha value is -3.30. The summed E-state index contributed by atoms with van der Waals surface area (Å²) in [6, 6.07) is 12.8. The molecule has 2 aromatic rings. The van der Waals surface area contributed by atoms with Crippen molar-refractivity contribution in [2.24, 2.45) is 11.8 Å². The van der Waals surface area contributed by atoms with E-state index in [2.05, 4.69) is 15.7 Å². The van der Waals surface area contributed by atoms with E-state index in [0.29, 0.717) is 42.6 Å². The van der Waals surface area contributed by atoms with Crippen LogP contribution in [-0.2, 0) is 14.4 Å². The first-order valence-electron chi connectivity index (χ1n) is 11.8. The second-order valence-corrected chi connectivity index (χ2v) is 9.02. The molecule has 1 aliphatic heterocycles. The van der Waals surface area contributed by atoms with Crippen LogP contribution in [0.3, 0.4) is 0 Å². The highest BCUT2D eigenvalue weighted by Crippen LogP contribution is 2.31. The third-order valence-electron chi connectivity index (χ3n) is 6.64. The molecule has 2 fully saturated rings. The lowest BCUT2D eigenvalue weighted by molar-refractivity contribution is -0.159. The molecule has 3 amide bonds. The zero-order valence-corrected chi connectivity index (χ0v) is 19.1. The minimum atomic E-state index is -0.697. The lowest BCUT2D eigenvalue weighted by Gasteiger charge is -2.29. The van der Waals surface area contributed by atoms with Gasteiger partial charge >= 0.3 is 0 Å². The molecule has 180 valence electrons. The molecule has 2 atom stereocenters. The summed E-state index contributed by atoms with van der Waals surface area (Å²) < 4.78 is 0. The minimum absolute atomic E-state index is 0.0894. The van der Waals surface area contributed by atoms with Gasteiger partial charge in [-0.05, 0) is 36.5 Å². The van der Waals surface area contributed by atoms with Crippen LogP contribution in [0.5, 0.6) is 0 Å². The van der Waals surface area contributed by atoms with Gasteiger partial charge in [0.1, 0.15) is 11.9 Å². The zero-order valence-electron chi connectivity index (χ0n) is 19.1. The van der Waals surface area contributed by atoms with Crippen LogP contribution in [0.15, 0.2) is 48.7 Å². The van der Waals surface area contributed by atoms with Gasteiger partial charge in [-0.25, -0.2) is 15.5 Å². The molecule has 0 bridgehead atoms. The number of hydroxylamine groups is 2. The molecule has 0 spiro atoms. The zero-order chi connectivity index (χ0) is 23.9. The average molecular weight is 466 g/mol. The summed E-state index contributed by atoms with van der Waals surface area (Å²) in [5, 5.41) is 14.4. The van der Waals surface area contributed by atoms with Crippen LogP contribution in [0.4, 0.5) is 5.82 Å². The molecule has 1 saturated heterocycles. The van der Waals surface area contributed by atoms with Crippen LogP contribution in [0.25, 0.3) is 11.1 Å². The van der Waals surface area contributed by atoms with Crippen molar-refractivity contribution in [3.8, 4) is 11.1 Å². The van der Waals surface area contributed by atoms with E-state index in [0.717, 1.165) is 36.8 Å². The van der Waals surface area contributed by atoms with Gasteiger partial charge in [-0.3, -0.25) is 24.6 Å². The SMILES string of the molecule is O=CN(O)CC(CC1CCCC1)C(=O)N1NCCC1C(=O)Nc1ccc(-c2ccccc2)cn1. The second kappa shape index (κ2) is 11.2. The number of nitrogens with one attached hydrogen (secondary N) is 2. The summed E-state index contributed by atoms with van der Waals surface area (Å²) in [6.07, 6.45) is 7.40. The highest BCUT2D eigenvalue weighted by Gasteiger charge is 2.39. The minimum Gasteiger partial charge on any atom is -0.309 e. The molecule has 1 aromatic carbocycles. The fourth-order valence-corrected chi connectivity index (χ4v) is 4.89. The van der Waals surface area contributed by atoms with Gasteiger partial charge in [-0.15, -0.1) is 0 Å². The van der Waals surface area contributed by atoms with Crippen molar-refractivity contribution >= 4 is 24.0 Å². The molecule has 1 aliphatic carbocycles. The van der Waals surface area contributed by atoms with E-state index in [1.165, 1.54) is 5.01 Å². The number of anilines is 1. The molecule has 1 saturated carbocycles. The normalized spacial score (nSPS) is 19.1. The van der Waals surface area contributed by atoms with E-state index in [-0.39, 0.29) is 18.4 Å². The van der Waals surface area contributed by atoms with Crippen molar-refractivity contribution in [3.63, 3.8) is 0 Å². The summed E-state index contributed by atoms with van der Waals surface area (Å²) >= 11 is 0. The van der Waals surface area contributed by atoms with Gasteiger partial charge in [0.05, 0.1) is 12.5 Å². The highest BCUT2D eigenvalue weighted by molar-refractivity contribution is 5.97. The van der Waals surface area contributed by atoms with Gasteiger partial charge in [0.25, 0.3) is 0 Å². The molecule has 34 heavy (non-hydrogen) atoms. The van der Waals surface area contributed by atoms with Crippen LogP contribution in [0, 0.1) is 11.8 Å². The maximum Gasteiger partial charge on any atom is 0.250 e. The Labute approximate surface area is 199 Å². The van der Waals surface area contributed by atoms with Gasteiger partial charge in [0.2, 0.25) is 18.2 Å². The maximum absolute atomic E-state index is 13.4. The van der Waals surface area contributed by atoms with Crippen LogP contribution in [0.1, 0.15) is 38.5 Å². The Morgan fingerprint density at radius 3 is 2.59 bits per heavy atom. The monoisotopic (exact) mass is 465 g/mol. The fourth-order valence-electron chi connectivity index (χ4n) is 4.89. The first-order valence-corrected chi connectivity index (χ1v) is 11.8. The van der Waals surface area contributed by atoms with Gasteiger partial charge in [0, 0.05) is 18.3 Å². The lowest BCUT2D eigenvalue weighted by atomic mass is 9.92. The number of benzene rings is 1. The lowest BCUT2D eigenvalue weighted by Crippen LogP contribution is -2.51. The van der Waals surface area contributed by atoms with Crippen molar-refractivity contribution in [1.82, 2.24) is 20.5 Å². The van der Waals surface area contributed by atoms with Gasteiger partial charge in [0.15, 0.2) is 0 Å². The number of pyridine rings is 1. The maximum atomic E-state index is 13.4. The summed E-state index contributed by atoms with van der Waals surface area (Å²) in [7, 11) is 0. The van der Waals surface area contributed by atoms with E-state index in [1.54, 1.807) is 12.3 Å². The van der Waals surface area contributed by atoms with E-state index >= 15 is 0 Å². The number of hydrazine groups is 1. The molecule has 2 unspecified atom stereocenters. The number of nitrogens with zero attached hydrogens (tertiary/aromatic N) is 3. The molecule has 3 N–H and O–H groups in total. The molecule has 0 radical (unpaired) electrons. The Kier molecular flexibility index (Phi) is 7.87. The van der Waals surface area contributed by atoms with Crippen LogP contribution in [-0.4, -0.2) is 57.6 Å². The molecule has 2 aliphatic rings. The summed E-state index contributed by atoms with van der Waals surface area (Å²) in [5.41, 5.74) is 4.99. The van der Waals surface area contributed by atoms with Gasteiger partial charge in [-0.1, -0.05) is 56.0 Å². The first kappa shape index (κ1) is 23.8. The van der Waals surface area contributed by atoms with E-state index in [4.69, 9.17) is 0 Å². The van der Waals surface area contributed by atoms with Gasteiger partial charge < -0.3 is 5.32 Å². The number of aromatic nitrogens is 1. The molecular weight excluding hydrogens is 434 g/mol. The number of carbonyl (C=O) groups is 3. The first-order chi connectivity index (χ1) is 16.5. The van der Waals surface area contributed by atoms with Crippen LogP contribution >= 0.6 is 0 Å². The molecule has 2 heterocycles. The average Bonchev–Trinajstić information content (AvgIpc) is 3.56. The van der Waals surface area contributed by atoms with Crippen molar-refractivity contribution in [3.05, 3.63) is 48.7 Å². The van der Waals surface area contributed by atoms with Crippen molar-refractivity contribution in [1.29, 1.82) is 0 Å². The van der Waals surface area contributed by atoms with Crippen LogP contribution < -0.4 is 10.7 Å². The van der Waals surface area contributed by atoms with Gasteiger partial charge in [-0.2, -0.15) is 0 Å². The molecule has 4 rings (SSSR count). The number of hydrogen-bond donors (Lipinski definition) is 3. The fraction of sp³-hybridized carbons (Fsp3) is 0.440. The van der Waals surface area contributed by atoms with Crippen molar-refractivity contribution in [2.75, 3.05) is 18.4 Å². The Bertz CT molecular complexity index is 979. The smallest absolute Gasteiger partial charge is 0.250 e. The Balaban J connectivity index is 1.42. The molecule has 9 nitrogen and oxygen atoms in total. The number of carbonyl (C=O) groups excluding carboxylic acids is 3. The predicted molar refractivity (Wildman–Crippen MR) is 126 cm³/mol. The topological polar surface area (TPSA) is 115 Å². The standard InChI is InChI=1S/C25H31N5O4/c31-17-29(34)16-21(14-18-6-4-5-7-18)25(33)30-22(12-13-27-30)24(32)28-23-11-10-20(15-26-23)19-8-2-1-3-9-19/h1-3,8-11,15,17-18,21-22,27,34H,4-7,12-14,16H2,(H,26,28,32). The second-order valence-electron chi connectivity index (χ2n) is 9.02. The molecule has 1 aromatic heterocycles. The quantitative estimate of drug-likeness (QED) is 0.298. The summed E-state index contributed by atoms with van der Waals surface area (Å²) in [5.74, 6) is -0.389. The highest BCUT2D eigenvalue weighted by atomic mass is 16.5. The molecule has 9 heteroatoms. The predicted octanol–water partition coefficient (Wildman–Crippen LogP) is 2.84. The Morgan fingerprint density at radius 1 is 1.15 bits per heavy atom. The number of amides is 3. The summed E-state index contributed by atoms with van der Waals surface area (Å²) in [4.78, 5) is 41.7. The third-order valence-corrected chi connectivity index (χ3v) is 6.64. The Morgan fingerprint density at radius 2 is 1.91 bits per heavy atom. The van der Waals surface area contributed by atoms with Crippen molar-refractivity contribution < 1.29 is 19.6 Å². The third kappa shape index (κ3) is 5.78. The van der Waals surface area contributed by atoms with E-state index in [9.17, 15) is 19.6 Å². The molecular formula is C25H31N5O4.